The Morgan fingerprint density at radius 1 is 1.04 bits per heavy atom. The first kappa shape index (κ1) is 24.4. The molecule has 2 fully saturated rings. The second-order valence-corrected chi connectivity index (χ2v) is 7.32. The molecule has 2 N–H and O–H groups in total. The number of rotatable bonds is 7. The molecule has 0 spiro atoms. The van der Waals surface area contributed by atoms with Crippen molar-refractivity contribution in [3.05, 3.63) is 0 Å². The molecule has 2 aliphatic heterocycles. The lowest BCUT2D eigenvalue weighted by molar-refractivity contribution is -0.121. The molecule has 2 aliphatic rings. The lowest BCUT2D eigenvalue weighted by Gasteiger charge is -2.35. The minimum Gasteiger partial charge on any atom is -0.359 e. The molecule has 158 valence electrons. The first-order chi connectivity index (χ1) is 12.7. The van der Waals surface area contributed by atoms with E-state index in [0.717, 1.165) is 71.2 Å². The molecule has 7 nitrogen and oxygen atoms in total. The molecule has 0 unspecified atom stereocenters. The number of nitrogens with one attached hydrogen (secondary N) is 2. The monoisotopic (exact) mass is 494 g/mol. The summed E-state index contributed by atoms with van der Waals surface area (Å²) in [6.45, 7) is 15.0. The van der Waals surface area contributed by atoms with Crippen LogP contribution < -0.4 is 10.6 Å². The third kappa shape index (κ3) is 8.51. The molecule has 2 rings (SSSR count). The lowest BCUT2D eigenvalue weighted by Crippen LogP contribution is -2.48. The molecule has 0 aromatic carbocycles. The number of carbonyl (C=O) groups excluding carboxylic acids is 1. The molecule has 8 heteroatoms. The number of guanidine groups is 1. The van der Waals surface area contributed by atoms with Gasteiger partial charge in [-0.3, -0.25) is 14.7 Å². The van der Waals surface area contributed by atoms with Crippen molar-refractivity contribution in [3.8, 4) is 0 Å². The van der Waals surface area contributed by atoms with Crippen LogP contribution >= 0.6 is 24.0 Å². The number of halogens is 1. The van der Waals surface area contributed by atoms with Crippen molar-refractivity contribution in [2.24, 2.45) is 10.9 Å². The molecule has 27 heavy (non-hydrogen) atoms. The van der Waals surface area contributed by atoms with Gasteiger partial charge in [-0.05, 0) is 32.2 Å². The van der Waals surface area contributed by atoms with Crippen molar-refractivity contribution in [3.63, 3.8) is 0 Å². The number of aliphatic imine (C=N–C) groups is 1. The molecule has 0 aromatic rings. The van der Waals surface area contributed by atoms with Gasteiger partial charge in [-0.15, -0.1) is 24.0 Å². The summed E-state index contributed by atoms with van der Waals surface area (Å²) in [6, 6.07) is 0. The summed E-state index contributed by atoms with van der Waals surface area (Å²) in [4.78, 5) is 23.8. The maximum Gasteiger partial charge on any atom is 0.220 e. The maximum atomic E-state index is 11.6. The quantitative estimate of drug-likeness (QED) is 0.315. The van der Waals surface area contributed by atoms with Crippen molar-refractivity contribution < 1.29 is 4.79 Å². The van der Waals surface area contributed by atoms with Crippen LogP contribution in [-0.4, -0.2) is 99.1 Å². The van der Waals surface area contributed by atoms with E-state index in [2.05, 4.69) is 39.2 Å². The van der Waals surface area contributed by atoms with Crippen LogP contribution in [-0.2, 0) is 4.79 Å². The number of likely N-dealkylation sites (tertiary alicyclic amines) is 1. The molecule has 0 radical (unpaired) electrons. The van der Waals surface area contributed by atoms with E-state index < -0.39 is 0 Å². The van der Waals surface area contributed by atoms with E-state index in [9.17, 15) is 4.79 Å². The number of likely N-dealkylation sites (N-methyl/N-ethyl adjacent to an activating group) is 1. The minimum atomic E-state index is 0. The van der Waals surface area contributed by atoms with Gasteiger partial charge in [0, 0.05) is 65.8 Å². The van der Waals surface area contributed by atoms with Crippen LogP contribution in [0.2, 0.25) is 0 Å². The third-order valence-corrected chi connectivity index (χ3v) is 5.59. The Morgan fingerprint density at radius 3 is 2.22 bits per heavy atom. The Balaban J connectivity index is 0.00000364. The molecule has 2 saturated heterocycles. The third-order valence-electron chi connectivity index (χ3n) is 5.59. The van der Waals surface area contributed by atoms with E-state index in [1.807, 2.05) is 0 Å². The average Bonchev–Trinajstić information content (AvgIpc) is 2.68. The van der Waals surface area contributed by atoms with Gasteiger partial charge in [0.05, 0.1) is 6.54 Å². The van der Waals surface area contributed by atoms with Gasteiger partial charge in [0.2, 0.25) is 5.91 Å². The summed E-state index contributed by atoms with van der Waals surface area (Å²) >= 11 is 0. The minimum absolute atomic E-state index is 0. The van der Waals surface area contributed by atoms with Crippen LogP contribution in [0, 0.1) is 5.92 Å². The van der Waals surface area contributed by atoms with Gasteiger partial charge in [-0.1, -0.05) is 6.92 Å². The van der Waals surface area contributed by atoms with Gasteiger partial charge < -0.3 is 20.4 Å². The highest BCUT2D eigenvalue weighted by molar-refractivity contribution is 14.0. The highest BCUT2D eigenvalue weighted by Gasteiger charge is 2.23. The predicted octanol–water partition coefficient (Wildman–Crippen LogP) is 1.06. The SMILES string of the molecule is CCNC(=NCCN1CCN(CC)CC1)N1CCC(CC(=O)NC)CC1.I. The Bertz CT molecular complexity index is 445. The Hall–Kier alpha value is -0.610. The maximum absolute atomic E-state index is 11.6. The molecule has 0 aliphatic carbocycles. The normalized spacial score (nSPS) is 20.3. The number of hydrogen-bond donors (Lipinski definition) is 2. The first-order valence-electron chi connectivity index (χ1n) is 10.3. The number of piperazine rings is 1. The molecule has 0 aromatic heterocycles. The van der Waals surface area contributed by atoms with E-state index in [0.29, 0.717) is 12.3 Å². The number of carbonyl (C=O) groups is 1. The van der Waals surface area contributed by atoms with Crippen molar-refractivity contribution >= 4 is 35.8 Å². The topological polar surface area (TPSA) is 63.2 Å². The summed E-state index contributed by atoms with van der Waals surface area (Å²) in [6.07, 6.45) is 2.79. The highest BCUT2D eigenvalue weighted by Crippen LogP contribution is 2.20. The van der Waals surface area contributed by atoms with Gasteiger partial charge in [0.25, 0.3) is 0 Å². The Morgan fingerprint density at radius 2 is 1.67 bits per heavy atom. The average molecular weight is 494 g/mol. The molecular weight excluding hydrogens is 455 g/mol. The van der Waals surface area contributed by atoms with Crippen LogP contribution in [0.25, 0.3) is 0 Å². The van der Waals surface area contributed by atoms with Gasteiger partial charge in [-0.2, -0.15) is 0 Å². The largest absolute Gasteiger partial charge is 0.359 e. The van der Waals surface area contributed by atoms with Gasteiger partial charge in [0.15, 0.2) is 5.96 Å². The second kappa shape index (κ2) is 13.5. The van der Waals surface area contributed by atoms with Crippen molar-refractivity contribution in [2.45, 2.75) is 33.1 Å². The van der Waals surface area contributed by atoms with E-state index in [-0.39, 0.29) is 29.9 Å². The van der Waals surface area contributed by atoms with E-state index in [4.69, 9.17) is 4.99 Å². The van der Waals surface area contributed by atoms with Crippen LogP contribution in [0.3, 0.4) is 0 Å². The summed E-state index contributed by atoms with van der Waals surface area (Å²) in [5, 5.41) is 6.18. The Labute approximate surface area is 182 Å². The van der Waals surface area contributed by atoms with E-state index in [1.165, 1.54) is 13.1 Å². The molecule has 0 atom stereocenters. The van der Waals surface area contributed by atoms with Crippen LogP contribution in [0.1, 0.15) is 33.1 Å². The number of amides is 1. The molecule has 0 saturated carbocycles. The second-order valence-electron chi connectivity index (χ2n) is 7.32. The number of nitrogens with zero attached hydrogens (tertiary/aromatic N) is 4. The molecule has 0 bridgehead atoms. The summed E-state index contributed by atoms with van der Waals surface area (Å²) in [5.74, 6) is 1.70. The van der Waals surface area contributed by atoms with E-state index >= 15 is 0 Å². The van der Waals surface area contributed by atoms with Gasteiger partial charge in [-0.25, -0.2) is 0 Å². The predicted molar refractivity (Wildman–Crippen MR) is 123 cm³/mol. The molecule has 2 heterocycles. The fourth-order valence-corrected chi connectivity index (χ4v) is 3.77. The van der Waals surface area contributed by atoms with Crippen molar-refractivity contribution in [1.82, 2.24) is 25.3 Å². The molecular formula is C19H39IN6O. The Kier molecular flexibility index (Phi) is 12.3. The highest BCUT2D eigenvalue weighted by atomic mass is 127. The zero-order chi connectivity index (χ0) is 18.8. The fourth-order valence-electron chi connectivity index (χ4n) is 3.77. The lowest BCUT2D eigenvalue weighted by atomic mass is 9.93. The van der Waals surface area contributed by atoms with Crippen LogP contribution in [0.15, 0.2) is 4.99 Å². The summed E-state index contributed by atoms with van der Waals surface area (Å²) < 4.78 is 0. The summed E-state index contributed by atoms with van der Waals surface area (Å²) in [7, 11) is 1.72. The summed E-state index contributed by atoms with van der Waals surface area (Å²) in [5.41, 5.74) is 0. The fraction of sp³-hybridized carbons (Fsp3) is 0.895. The van der Waals surface area contributed by atoms with Gasteiger partial charge in [0.1, 0.15) is 0 Å². The first-order valence-corrected chi connectivity index (χ1v) is 10.3. The van der Waals surface area contributed by atoms with Crippen LogP contribution in [0.4, 0.5) is 0 Å². The van der Waals surface area contributed by atoms with Gasteiger partial charge >= 0.3 is 0 Å². The van der Waals surface area contributed by atoms with Crippen LogP contribution in [0.5, 0.6) is 0 Å². The number of hydrogen-bond acceptors (Lipinski definition) is 4. The van der Waals surface area contributed by atoms with Crippen molar-refractivity contribution in [1.29, 1.82) is 0 Å². The standard InChI is InChI=1S/C19H38N6O.HI/c1-4-21-19(22-8-11-24-14-12-23(5-2)13-15-24)25-9-6-17(7-10-25)16-18(26)20-3;/h17H,4-16H2,1-3H3,(H,20,26)(H,21,22);1H. The van der Waals surface area contributed by atoms with Crippen molar-refractivity contribution in [2.75, 3.05) is 72.5 Å². The number of piperidine rings is 1. The molecule has 1 amide bonds. The zero-order valence-electron chi connectivity index (χ0n) is 17.4. The van der Waals surface area contributed by atoms with E-state index in [1.54, 1.807) is 7.05 Å². The zero-order valence-corrected chi connectivity index (χ0v) is 19.7. The smallest absolute Gasteiger partial charge is 0.220 e.